The Bertz CT molecular complexity index is 852. The van der Waals surface area contributed by atoms with Crippen LogP contribution in [0.15, 0.2) is 23.1 Å². The maximum Gasteiger partial charge on any atom is 0.342 e. The first-order valence-electron chi connectivity index (χ1n) is 6.90. The molecule has 0 unspecified atom stereocenters. The maximum atomic E-state index is 12.6. The van der Waals surface area contributed by atoms with E-state index >= 15 is 0 Å². The summed E-state index contributed by atoms with van der Waals surface area (Å²) in [6.07, 6.45) is 0. The molecule has 8 heteroatoms. The van der Waals surface area contributed by atoms with Gasteiger partial charge in [-0.1, -0.05) is 23.2 Å². The van der Waals surface area contributed by atoms with E-state index in [1.165, 1.54) is 18.2 Å². The van der Waals surface area contributed by atoms with E-state index in [4.69, 9.17) is 27.4 Å². The quantitative estimate of drug-likeness (QED) is 0.747. The molecule has 0 aliphatic heterocycles. The van der Waals surface area contributed by atoms with Gasteiger partial charge in [-0.15, -0.1) is 0 Å². The van der Waals surface area contributed by atoms with Crippen LogP contribution in [0.5, 0.6) is 5.75 Å². The highest BCUT2D eigenvalue weighted by molar-refractivity contribution is 7.87. The molecule has 0 saturated carbocycles. The van der Waals surface area contributed by atoms with Gasteiger partial charge in [0.25, 0.3) is 0 Å². The molecule has 0 saturated heterocycles. The predicted octanol–water partition coefficient (Wildman–Crippen LogP) is 4.33. The van der Waals surface area contributed by atoms with Crippen molar-refractivity contribution >= 4 is 33.3 Å². The first-order chi connectivity index (χ1) is 10.4. The van der Waals surface area contributed by atoms with E-state index < -0.39 is 10.1 Å². The Labute approximate surface area is 146 Å². The van der Waals surface area contributed by atoms with E-state index in [0.717, 1.165) is 0 Å². The Balaban J connectivity index is 2.48. The van der Waals surface area contributed by atoms with Crippen LogP contribution in [0.1, 0.15) is 32.2 Å². The van der Waals surface area contributed by atoms with Gasteiger partial charge in [0, 0.05) is 6.07 Å². The third kappa shape index (κ3) is 3.65. The van der Waals surface area contributed by atoms with Gasteiger partial charge in [0.2, 0.25) is 0 Å². The molecule has 2 aromatic rings. The largest absolute Gasteiger partial charge is 0.379 e. The number of hydrogen-bond acceptors (Lipinski definition) is 4. The smallest absolute Gasteiger partial charge is 0.342 e. The van der Waals surface area contributed by atoms with E-state index in [0.29, 0.717) is 16.4 Å². The number of aryl methyl sites for hydroxylation is 1. The van der Waals surface area contributed by atoms with Crippen LogP contribution >= 0.6 is 23.2 Å². The van der Waals surface area contributed by atoms with Gasteiger partial charge < -0.3 is 4.18 Å². The van der Waals surface area contributed by atoms with Crippen LogP contribution in [0.2, 0.25) is 10.0 Å². The van der Waals surface area contributed by atoms with Crippen molar-refractivity contribution in [3.05, 3.63) is 39.6 Å². The third-order valence-electron chi connectivity index (χ3n) is 3.21. The van der Waals surface area contributed by atoms with Crippen LogP contribution in [-0.4, -0.2) is 18.2 Å². The lowest BCUT2D eigenvalue weighted by molar-refractivity contribution is 0.345. The van der Waals surface area contributed by atoms with E-state index in [1.54, 1.807) is 18.5 Å². The number of hydrogen-bond donors (Lipinski definition) is 0. The Morgan fingerprint density at radius 1 is 1.13 bits per heavy atom. The maximum absolute atomic E-state index is 12.6. The standard InChI is InChI=1S/C15H18Cl2N2O3S/c1-9-14(10(2)19(18-9)15(3,4)5)23(20,21)22-11-6-7-12(16)13(17)8-11/h6-8H,1-5H3. The molecule has 23 heavy (non-hydrogen) atoms. The molecule has 1 aromatic carbocycles. The normalized spacial score (nSPS) is 12.5. The summed E-state index contributed by atoms with van der Waals surface area (Å²) < 4.78 is 32.1. The van der Waals surface area contributed by atoms with Crippen LogP contribution in [0.3, 0.4) is 0 Å². The number of halogens is 2. The molecule has 126 valence electrons. The summed E-state index contributed by atoms with van der Waals surface area (Å²) in [6.45, 7) is 9.19. The Morgan fingerprint density at radius 2 is 1.74 bits per heavy atom. The number of benzene rings is 1. The van der Waals surface area contributed by atoms with Crippen molar-refractivity contribution in [2.45, 2.75) is 45.1 Å². The molecule has 1 aromatic heterocycles. The second-order valence-corrected chi connectivity index (χ2v) is 8.49. The van der Waals surface area contributed by atoms with Gasteiger partial charge in [-0.25, -0.2) is 0 Å². The van der Waals surface area contributed by atoms with Gasteiger partial charge in [-0.05, 0) is 46.8 Å². The minimum Gasteiger partial charge on any atom is -0.379 e. The molecule has 0 aliphatic rings. The summed E-state index contributed by atoms with van der Waals surface area (Å²) in [5.74, 6) is 0.0988. The molecule has 0 fully saturated rings. The molecule has 0 aliphatic carbocycles. The zero-order valence-corrected chi connectivity index (χ0v) is 15.8. The second-order valence-electron chi connectivity index (χ2n) is 6.20. The van der Waals surface area contributed by atoms with Gasteiger partial charge in [0.1, 0.15) is 10.6 Å². The SMILES string of the molecule is Cc1nn(C(C)(C)C)c(C)c1S(=O)(=O)Oc1ccc(Cl)c(Cl)c1. The third-order valence-corrected chi connectivity index (χ3v) is 5.45. The zero-order valence-electron chi connectivity index (χ0n) is 13.5. The van der Waals surface area contributed by atoms with Gasteiger partial charge in [0.05, 0.1) is 27.0 Å². The lowest BCUT2D eigenvalue weighted by atomic mass is 10.1. The molecule has 0 radical (unpaired) electrons. The van der Waals surface area contributed by atoms with E-state index in [9.17, 15) is 8.42 Å². The van der Waals surface area contributed by atoms with Crippen LogP contribution in [0.4, 0.5) is 0 Å². The van der Waals surface area contributed by atoms with Crippen LogP contribution in [0, 0.1) is 13.8 Å². The molecule has 0 amide bonds. The first-order valence-corrected chi connectivity index (χ1v) is 9.06. The minimum absolute atomic E-state index is 0.0681. The number of aromatic nitrogens is 2. The summed E-state index contributed by atoms with van der Waals surface area (Å²) in [7, 11) is -4.03. The molecule has 5 nitrogen and oxygen atoms in total. The van der Waals surface area contributed by atoms with Gasteiger partial charge in [-0.3, -0.25) is 4.68 Å². The Hall–Kier alpha value is -1.24. The Morgan fingerprint density at radius 3 is 2.22 bits per heavy atom. The van der Waals surface area contributed by atoms with Crippen LogP contribution < -0.4 is 4.18 Å². The fourth-order valence-corrected chi connectivity index (χ4v) is 3.92. The average molecular weight is 377 g/mol. The van der Waals surface area contributed by atoms with Crippen LogP contribution in [-0.2, 0) is 15.7 Å². The van der Waals surface area contributed by atoms with Crippen molar-refractivity contribution in [3.63, 3.8) is 0 Å². The van der Waals surface area contributed by atoms with Crippen molar-refractivity contribution < 1.29 is 12.6 Å². The summed E-state index contributed by atoms with van der Waals surface area (Å²) >= 11 is 11.7. The zero-order chi connectivity index (χ0) is 17.6. The fraction of sp³-hybridized carbons (Fsp3) is 0.400. The van der Waals surface area contributed by atoms with Crippen molar-refractivity contribution in [1.29, 1.82) is 0 Å². The highest BCUT2D eigenvalue weighted by Crippen LogP contribution is 2.30. The number of rotatable bonds is 3. The molecular formula is C15H18Cl2N2O3S. The Kier molecular flexibility index (Phi) is 4.72. The topological polar surface area (TPSA) is 61.2 Å². The van der Waals surface area contributed by atoms with E-state index in [1.807, 2.05) is 20.8 Å². The first kappa shape index (κ1) is 18.1. The molecule has 1 heterocycles. The van der Waals surface area contributed by atoms with Gasteiger partial charge in [0.15, 0.2) is 0 Å². The minimum atomic E-state index is -4.03. The average Bonchev–Trinajstić information content (AvgIpc) is 2.69. The summed E-state index contributed by atoms with van der Waals surface area (Å²) in [5, 5.41) is 4.88. The monoisotopic (exact) mass is 376 g/mol. The van der Waals surface area contributed by atoms with E-state index in [-0.39, 0.29) is 21.2 Å². The lowest BCUT2D eigenvalue weighted by Gasteiger charge is -2.21. The molecular weight excluding hydrogens is 359 g/mol. The van der Waals surface area contributed by atoms with Crippen molar-refractivity contribution in [1.82, 2.24) is 9.78 Å². The molecule has 2 rings (SSSR count). The highest BCUT2D eigenvalue weighted by atomic mass is 35.5. The number of nitrogens with zero attached hydrogens (tertiary/aromatic N) is 2. The summed E-state index contributed by atoms with van der Waals surface area (Å²) in [4.78, 5) is 0.0681. The summed E-state index contributed by atoms with van der Waals surface area (Å²) in [6, 6.07) is 4.29. The van der Waals surface area contributed by atoms with Gasteiger partial charge >= 0.3 is 10.1 Å². The van der Waals surface area contributed by atoms with Crippen molar-refractivity contribution in [3.8, 4) is 5.75 Å². The van der Waals surface area contributed by atoms with Crippen molar-refractivity contribution in [2.75, 3.05) is 0 Å². The van der Waals surface area contributed by atoms with Crippen molar-refractivity contribution in [2.24, 2.45) is 0 Å². The predicted molar refractivity (Wildman–Crippen MR) is 91.0 cm³/mol. The van der Waals surface area contributed by atoms with Crippen LogP contribution in [0.25, 0.3) is 0 Å². The van der Waals surface area contributed by atoms with Gasteiger partial charge in [-0.2, -0.15) is 13.5 Å². The molecule has 0 N–H and O–H groups in total. The van der Waals surface area contributed by atoms with E-state index in [2.05, 4.69) is 5.10 Å². The summed E-state index contributed by atoms with van der Waals surface area (Å²) in [5.41, 5.74) is 0.569. The molecule has 0 atom stereocenters. The second kappa shape index (κ2) is 6.00. The fourth-order valence-electron chi connectivity index (χ4n) is 2.34. The lowest BCUT2D eigenvalue weighted by Crippen LogP contribution is -2.24. The molecule has 0 spiro atoms. The highest BCUT2D eigenvalue weighted by Gasteiger charge is 2.30. The molecule has 0 bridgehead atoms.